The lowest BCUT2D eigenvalue weighted by Crippen LogP contribution is -2.18. The number of aryl methyl sites for hydroxylation is 2. The lowest BCUT2D eigenvalue weighted by molar-refractivity contribution is 0.691. The molecule has 0 spiro atoms. The predicted molar refractivity (Wildman–Crippen MR) is 86.0 cm³/mol. The molecule has 0 aliphatic heterocycles. The molecule has 1 unspecified atom stereocenters. The topological polar surface area (TPSA) is 12.0 Å². The van der Waals surface area contributed by atoms with E-state index in [9.17, 15) is 0 Å². The zero-order valence-corrected chi connectivity index (χ0v) is 13.6. The molecular weight excluding hydrogens is 322 g/mol. The van der Waals surface area contributed by atoms with Crippen LogP contribution in [0.1, 0.15) is 28.3 Å². The van der Waals surface area contributed by atoms with E-state index in [-0.39, 0.29) is 6.04 Å². The number of rotatable bonds is 3. The Labute approximate surface area is 128 Å². The summed E-state index contributed by atoms with van der Waals surface area (Å²) >= 11 is 9.88. The first-order valence-corrected chi connectivity index (χ1v) is 7.40. The third kappa shape index (κ3) is 3.02. The van der Waals surface area contributed by atoms with Crippen molar-refractivity contribution in [2.75, 3.05) is 7.05 Å². The first-order valence-electron chi connectivity index (χ1n) is 6.23. The van der Waals surface area contributed by atoms with Crippen LogP contribution in [0.15, 0.2) is 40.9 Å². The minimum atomic E-state index is 0.101. The van der Waals surface area contributed by atoms with Gasteiger partial charge in [-0.15, -0.1) is 0 Å². The lowest BCUT2D eigenvalue weighted by atomic mass is 9.96. The summed E-state index contributed by atoms with van der Waals surface area (Å²) in [5.74, 6) is 0. The molecule has 1 nitrogen and oxygen atoms in total. The number of hydrogen-bond donors (Lipinski definition) is 1. The summed E-state index contributed by atoms with van der Waals surface area (Å²) < 4.78 is 0.927. The summed E-state index contributed by atoms with van der Waals surface area (Å²) in [6.45, 7) is 4.26. The molecule has 0 radical (unpaired) electrons. The molecule has 2 rings (SSSR count). The number of nitrogens with one attached hydrogen (secondary N) is 1. The van der Waals surface area contributed by atoms with Gasteiger partial charge in [-0.1, -0.05) is 41.9 Å². The molecule has 100 valence electrons. The SMILES string of the molecule is CNC(c1ccc(C)c(C)c1)c1cccc(Br)c1Cl. The summed E-state index contributed by atoms with van der Waals surface area (Å²) in [6, 6.07) is 12.7. The van der Waals surface area contributed by atoms with Crippen LogP contribution < -0.4 is 5.32 Å². The Bertz CT molecular complexity index is 595. The van der Waals surface area contributed by atoms with E-state index in [1.165, 1.54) is 16.7 Å². The Balaban J connectivity index is 2.50. The fraction of sp³-hybridized carbons (Fsp3) is 0.250. The van der Waals surface area contributed by atoms with Crippen molar-refractivity contribution in [3.8, 4) is 0 Å². The molecule has 2 aromatic carbocycles. The van der Waals surface area contributed by atoms with Gasteiger partial charge < -0.3 is 5.32 Å². The van der Waals surface area contributed by atoms with E-state index < -0.39 is 0 Å². The van der Waals surface area contributed by atoms with Gasteiger partial charge >= 0.3 is 0 Å². The van der Waals surface area contributed by atoms with Crippen LogP contribution in [-0.4, -0.2) is 7.05 Å². The minimum Gasteiger partial charge on any atom is -0.309 e. The van der Waals surface area contributed by atoms with Crippen LogP contribution in [0.4, 0.5) is 0 Å². The van der Waals surface area contributed by atoms with Crippen molar-refractivity contribution < 1.29 is 0 Å². The van der Waals surface area contributed by atoms with Gasteiger partial charge in [0.1, 0.15) is 0 Å². The molecular formula is C16H17BrClN. The maximum absolute atomic E-state index is 6.40. The van der Waals surface area contributed by atoms with Gasteiger partial charge in [-0.05, 0) is 65.1 Å². The van der Waals surface area contributed by atoms with Gasteiger partial charge in [-0.3, -0.25) is 0 Å². The van der Waals surface area contributed by atoms with Gasteiger partial charge in [-0.25, -0.2) is 0 Å². The molecule has 2 aromatic rings. The van der Waals surface area contributed by atoms with Crippen molar-refractivity contribution in [3.05, 3.63) is 68.1 Å². The Morgan fingerprint density at radius 1 is 1.11 bits per heavy atom. The maximum atomic E-state index is 6.40. The van der Waals surface area contributed by atoms with Crippen molar-refractivity contribution in [2.24, 2.45) is 0 Å². The molecule has 0 aliphatic carbocycles. The summed E-state index contributed by atoms with van der Waals surface area (Å²) in [7, 11) is 1.96. The molecule has 0 fully saturated rings. The molecule has 0 bridgehead atoms. The van der Waals surface area contributed by atoms with Crippen LogP contribution in [-0.2, 0) is 0 Å². The van der Waals surface area contributed by atoms with Crippen molar-refractivity contribution in [2.45, 2.75) is 19.9 Å². The van der Waals surface area contributed by atoms with Crippen LogP contribution in [0.2, 0.25) is 5.02 Å². The van der Waals surface area contributed by atoms with E-state index in [1.807, 2.05) is 19.2 Å². The smallest absolute Gasteiger partial charge is 0.0599 e. The molecule has 19 heavy (non-hydrogen) atoms. The van der Waals surface area contributed by atoms with Crippen LogP contribution in [0, 0.1) is 13.8 Å². The Morgan fingerprint density at radius 2 is 1.84 bits per heavy atom. The van der Waals surface area contributed by atoms with Crippen molar-refractivity contribution >= 4 is 27.5 Å². The Hall–Kier alpha value is -0.830. The van der Waals surface area contributed by atoms with Crippen LogP contribution in [0.3, 0.4) is 0 Å². The quantitative estimate of drug-likeness (QED) is 0.828. The van der Waals surface area contributed by atoms with E-state index in [4.69, 9.17) is 11.6 Å². The van der Waals surface area contributed by atoms with Gasteiger partial charge in [0.2, 0.25) is 0 Å². The number of benzene rings is 2. The Morgan fingerprint density at radius 3 is 2.47 bits per heavy atom. The number of hydrogen-bond acceptors (Lipinski definition) is 1. The maximum Gasteiger partial charge on any atom is 0.0599 e. The molecule has 0 heterocycles. The zero-order valence-electron chi connectivity index (χ0n) is 11.3. The molecule has 1 atom stereocenters. The normalized spacial score (nSPS) is 12.5. The second-order valence-corrected chi connectivity index (χ2v) is 5.94. The third-order valence-corrected chi connectivity index (χ3v) is 4.76. The molecule has 0 saturated heterocycles. The van der Waals surface area contributed by atoms with Crippen molar-refractivity contribution in [1.29, 1.82) is 0 Å². The fourth-order valence-corrected chi connectivity index (χ4v) is 2.81. The first kappa shape index (κ1) is 14.6. The minimum absolute atomic E-state index is 0.101. The molecule has 0 aromatic heterocycles. The third-order valence-electron chi connectivity index (χ3n) is 3.45. The van der Waals surface area contributed by atoms with Gasteiger partial charge in [0.15, 0.2) is 0 Å². The van der Waals surface area contributed by atoms with Gasteiger partial charge in [0, 0.05) is 4.47 Å². The van der Waals surface area contributed by atoms with Crippen molar-refractivity contribution in [3.63, 3.8) is 0 Å². The highest BCUT2D eigenvalue weighted by molar-refractivity contribution is 9.10. The average Bonchev–Trinajstić information content (AvgIpc) is 2.39. The standard InChI is InChI=1S/C16H17BrClN/c1-10-7-8-12(9-11(10)2)16(19-3)13-5-4-6-14(17)15(13)18/h4-9,16,19H,1-3H3. The highest BCUT2D eigenvalue weighted by Gasteiger charge is 2.16. The Kier molecular flexibility index (Phi) is 4.67. The molecule has 0 saturated carbocycles. The average molecular weight is 339 g/mol. The summed E-state index contributed by atoms with van der Waals surface area (Å²) in [6.07, 6.45) is 0. The second-order valence-electron chi connectivity index (χ2n) is 4.71. The largest absolute Gasteiger partial charge is 0.309 e. The lowest BCUT2D eigenvalue weighted by Gasteiger charge is -2.20. The highest BCUT2D eigenvalue weighted by Crippen LogP contribution is 2.33. The summed E-state index contributed by atoms with van der Waals surface area (Å²) in [5.41, 5.74) is 4.91. The van der Waals surface area contributed by atoms with Crippen LogP contribution in [0.25, 0.3) is 0 Å². The van der Waals surface area contributed by atoms with E-state index in [0.717, 1.165) is 15.1 Å². The van der Waals surface area contributed by atoms with Gasteiger partial charge in [0.25, 0.3) is 0 Å². The van der Waals surface area contributed by atoms with E-state index in [0.29, 0.717) is 0 Å². The number of halogens is 2. The zero-order chi connectivity index (χ0) is 14.0. The predicted octanol–water partition coefficient (Wildman–Crippen LogP) is 5.03. The van der Waals surface area contributed by atoms with E-state index in [2.05, 4.69) is 59.4 Å². The van der Waals surface area contributed by atoms with Crippen molar-refractivity contribution in [1.82, 2.24) is 5.32 Å². The molecule has 1 N–H and O–H groups in total. The monoisotopic (exact) mass is 337 g/mol. The summed E-state index contributed by atoms with van der Waals surface area (Å²) in [4.78, 5) is 0. The first-order chi connectivity index (χ1) is 9.04. The second kappa shape index (κ2) is 6.08. The molecule has 3 heteroatoms. The van der Waals surface area contributed by atoms with E-state index in [1.54, 1.807) is 0 Å². The van der Waals surface area contributed by atoms with E-state index >= 15 is 0 Å². The van der Waals surface area contributed by atoms with Crippen LogP contribution in [0.5, 0.6) is 0 Å². The molecule has 0 amide bonds. The fourth-order valence-electron chi connectivity index (χ4n) is 2.19. The molecule has 0 aliphatic rings. The van der Waals surface area contributed by atoms with Gasteiger partial charge in [-0.2, -0.15) is 0 Å². The summed E-state index contributed by atoms with van der Waals surface area (Å²) in [5, 5.41) is 4.11. The van der Waals surface area contributed by atoms with Gasteiger partial charge in [0.05, 0.1) is 11.1 Å². The highest BCUT2D eigenvalue weighted by atomic mass is 79.9. The van der Waals surface area contributed by atoms with Crippen LogP contribution >= 0.6 is 27.5 Å².